The molecule has 0 aliphatic carbocycles. The van der Waals surface area contributed by atoms with E-state index < -0.39 is 0 Å². The van der Waals surface area contributed by atoms with Gasteiger partial charge < -0.3 is 15.3 Å². The number of nitro groups is 1. The van der Waals surface area contributed by atoms with Gasteiger partial charge >= 0.3 is 0 Å². The lowest BCUT2D eigenvalue weighted by Gasteiger charge is -2.32. The van der Waals surface area contributed by atoms with E-state index in [9.17, 15) is 20.0 Å². The van der Waals surface area contributed by atoms with Crippen LogP contribution in [0.5, 0.6) is 5.75 Å². The smallest absolute Gasteiger partial charge is 0.292 e. The molecule has 0 saturated carbocycles. The fraction of sp³-hybridized carbons (Fsp3) is 0.316. The normalized spacial score (nSPS) is 14.9. The van der Waals surface area contributed by atoms with Gasteiger partial charge in [-0.1, -0.05) is 18.2 Å². The van der Waals surface area contributed by atoms with Gasteiger partial charge in [-0.05, 0) is 43.5 Å². The summed E-state index contributed by atoms with van der Waals surface area (Å²) >= 11 is 0. The monoisotopic (exact) mass is 355 g/mol. The molecule has 0 atom stereocenters. The first-order valence-corrected chi connectivity index (χ1v) is 8.54. The Morgan fingerprint density at radius 1 is 1.23 bits per heavy atom. The Balaban J connectivity index is 1.63. The lowest BCUT2D eigenvalue weighted by Crippen LogP contribution is -2.38. The van der Waals surface area contributed by atoms with E-state index in [-0.39, 0.29) is 28.2 Å². The molecule has 0 unspecified atom stereocenters. The summed E-state index contributed by atoms with van der Waals surface area (Å²) in [5.74, 6) is -0.267. The number of nitrogens with one attached hydrogen (secondary N) is 1. The van der Waals surface area contributed by atoms with Crippen LogP contribution in [0, 0.1) is 23.0 Å². The van der Waals surface area contributed by atoms with Crippen molar-refractivity contribution >= 4 is 23.0 Å². The number of amides is 1. The highest BCUT2D eigenvalue weighted by Gasteiger charge is 2.28. The minimum absolute atomic E-state index is 0.0516. The molecule has 26 heavy (non-hydrogen) atoms. The first-order valence-electron chi connectivity index (χ1n) is 8.54. The molecule has 2 aromatic rings. The second-order valence-electron chi connectivity index (χ2n) is 6.52. The number of anilines is 2. The van der Waals surface area contributed by atoms with Crippen LogP contribution in [0.2, 0.25) is 0 Å². The summed E-state index contributed by atoms with van der Waals surface area (Å²) in [4.78, 5) is 25.2. The number of hydrogen-bond donors (Lipinski definition) is 2. The van der Waals surface area contributed by atoms with Crippen molar-refractivity contribution in [3.63, 3.8) is 0 Å². The number of hydrogen-bond acceptors (Lipinski definition) is 5. The molecule has 2 aromatic carbocycles. The maximum atomic E-state index is 12.5. The molecule has 0 radical (unpaired) electrons. The zero-order valence-corrected chi connectivity index (χ0v) is 14.5. The number of para-hydroxylation sites is 2. The molecule has 1 fully saturated rings. The van der Waals surface area contributed by atoms with Gasteiger partial charge in [0.1, 0.15) is 11.4 Å². The van der Waals surface area contributed by atoms with Crippen molar-refractivity contribution < 1.29 is 14.8 Å². The maximum Gasteiger partial charge on any atom is 0.292 e. The first kappa shape index (κ1) is 17.7. The van der Waals surface area contributed by atoms with Gasteiger partial charge in [0.25, 0.3) is 5.69 Å². The molecule has 1 aliphatic rings. The van der Waals surface area contributed by atoms with E-state index in [1.54, 1.807) is 30.3 Å². The van der Waals surface area contributed by atoms with Gasteiger partial charge in [0, 0.05) is 25.1 Å². The second-order valence-corrected chi connectivity index (χ2v) is 6.52. The molecule has 1 saturated heterocycles. The van der Waals surface area contributed by atoms with E-state index in [4.69, 9.17) is 0 Å². The minimum atomic E-state index is -0.381. The number of carbonyl (C=O) groups is 1. The van der Waals surface area contributed by atoms with E-state index in [0.717, 1.165) is 5.56 Å². The zero-order valence-electron chi connectivity index (χ0n) is 14.5. The van der Waals surface area contributed by atoms with Gasteiger partial charge in [-0.3, -0.25) is 14.9 Å². The molecular formula is C19H21N3O4. The van der Waals surface area contributed by atoms with Crippen LogP contribution in [0.3, 0.4) is 0 Å². The number of nitro benzene ring substituents is 1. The van der Waals surface area contributed by atoms with Crippen LogP contribution in [-0.2, 0) is 4.79 Å². The highest BCUT2D eigenvalue weighted by atomic mass is 16.6. The Morgan fingerprint density at radius 2 is 1.92 bits per heavy atom. The molecule has 1 amide bonds. The van der Waals surface area contributed by atoms with Crippen molar-refractivity contribution in [2.24, 2.45) is 5.92 Å². The molecule has 2 N–H and O–H groups in total. The number of rotatable bonds is 4. The van der Waals surface area contributed by atoms with E-state index in [1.807, 2.05) is 17.9 Å². The molecule has 136 valence electrons. The highest BCUT2D eigenvalue weighted by Crippen LogP contribution is 2.32. The van der Waals surface area contributed by atoms with Crippen LogP contribution in [-0.4, -0.2) is 29.0 Å². The number of aryl methyl sites for hydroxylation is 1. The van der Waals surface area contributed by atoms with E-state index in [2.05, 4.69) is 5.32 Å². The Kier molecular flexibility index (Phi) is 5.06. The maximum absolute atomic E-state index is 12.5. The molecule has 0 bridgehead atoms. The average Bonchev–Trinajstić information content (AvgIpc) is 2.64. The molecule has 1 aliphatic heterocycles. The molecule has 0 spiro atoms. The molecule has 7 heteroatoms. The summed E-state index contributed by atoms with van der Waals surface area (Å²) in [6.07, 6.45) is 1.20. The van der Waals surface area contributed by atoms with Gasteiger partial charge in [-0.2, -0.15) is 0 Å². The molecule has 3 rings (SSSR count). The Bertz CT molecular complexity index is 829. The lowest BCUT2D eigenvalue weighted by molar-refractivity contribution is -0.384. The van der Waals surface area contributed by atoms with Crippen molar-refractivity contribution in [3.8, 4) is 5.75 Å². The average molecular weight is 355 g/mol. The van der Waals surface area contributed by atoms with Crippen LogP contribution in [0.25, 0.3) is 0 Å². The Morgan fingerprint density at radius 3 is 2.58 bits per heavy atom. The summed E-state index contributed by atoms with van der Waals surface area (Å²) in [5.41, 5.74) is 1.99. The third-order valence-corrected chi connectivity index (χ3v) is 4.70. The molecule has 7 nitrogen and oxygen atoms in total. The number of phenolic OH excluding ortho intramolecular Hbond substituents is 1. The standard InChI is InChI=1S/C19H21N3O4/c1-13-6-7-15(18(23)12-13)20-19(24)14-8-10-21(11-9-14)16-4-2-3-5-17(16)22(25)26/h2-7,12,14,23H,8-11H2,1H3,(H,20,24). The van der Waals surface area contributed by atoms with Crippen molar-refractivity contribution in [2.75, 3.05) is 23.3 Å². The van der Waals surface area contributed by atoms with Crippen LogP contribution < -0.4 is 10.2 Å². The van der Waals surface area contributed by atoms with Crippen molar-refractivity contribution in [2.45, 2.75) is 19.8 Å². The van der Waals surface area contributed by atoms with Gasteiger partial charge in [0.05, 0.1) is 10.6 Å². The number of carbonyl (C=O) groups excluding carboxylic acids is 1. The van der Waals surface area contributed by atoms with E-state index in [1.165, 1.54) is 6.07 Å². The number of piperidine rings is 1. The number of nitrogens with zero attached hydrogens (tertiary/aromatic N) is 2. The van der Waals surface area contributed by atoms with E-state index >= 15 is 0 Å². The van der Waals surface area contributed by atoms with Crippen molar-refractivity contribution in [1.82, 2.24) is 0 Å². The fourth-order valence-corrected chi connectivity index (χ4v) is 3.25. The van der Waals surface area contributed by atoms with Crippen LogP contribution in [0.4, 0.5) is 17.1 Å². The lowest BCUT2D eigenvalue weighted by atomic mass is 9.95. The summed E-state index contributed by atoms with van der Waals surface area (Å²) in [6.45, 7) is 3.01. The molecule has 0 aromatic heterocycles. The Labute approximate surface area is 151 Å². The summed E-state index contributed by atoms with van der Waals surface area (Å²) in [5, 5.41) is 23.9. The van der Waals surface area contributed by atoms with Crippen LogP contribution in [0.15, 0.2) is 42.5 Å². The topological polar surface area (TPSA) is 95.7 Å². The number of benzene rings is 2. The zero-order chi connectivity index (χ0) is 18.7. The van der Waals surface area contributed by atoms with Crippen LogP contribution in [0.1, 0.15) is 18.4 Å². The third kappa shape index (κ3) is 3.77. The molecule has 1 heterocycles. The summed E-state index contributed by atoms with van der Waals surface area (Å²) in [7, 11) is 0. The number of aromatic hydroxyl groups is 1. The van der Waals surface area contributed by atoms with Crippen molar-refractivity contribution in [1.29, 1.82) is 0 Å². The quantitative estimate of drug-likeness (QED) is 0.497. The van der Waals surface area contributed by atoms with Crippen molar-refractivity contribution in [3.05, 3.63) is 58.1 Å². The predicted octanol–water partition coefficient (Wildman–Crippen LogP) is 3.46. The first-order chi connectivity index (χ1) is 12.5. The van der Waals surface area contributed by atoms with Crippen LogP contribution >= 0.6 is 0 Å². The minimum Gasteiger partial charge on any atom is -0.506 e. The molecular weight excluding hydrogens is 334 g/mol. The SMILES string of the molecule is Cc1ccc(NC(=O)C2CCN(c3ccccc3[N+](=O)[O-])CC2)c(O)c1. The summed E-state index contributed by atoms with van der Waals surface area (Å²) < 4.78 is 0. The second kappa shape index (κ2) is 7.43. The van der Waals surface area contributed by atoms with Gasteiger partial charge in [0.15, 0.2) is 0 Å². The predicted molar refractivity (Wildman–Crippen MR) is 99.5 cm³/mol. The van der Waals surface area contributed by atoms with Gasteiger partial charge in [-0.15, -0.1) is 0 Å². The Hall–Kier alpha value is -3.09. The number of phenols is 1. The third-order valence-electron chi connectivity index (χ3n) is 4.70. The van der Waals surface area contributed by atoms with E-state index in [0.29, 0.717) is 37.3 Å². The fourth-order valence-electron chi connectivity index (χ4n) is 3.25. The van der Waals surface area contributed by atoms with Gasteiger partial charge in [0.2, 0.25) is 5.91 Å². The summed E-state index contributed by atoms with van der Waals surface area (Å²) in [6, 6.07) is 11.8. The largest absolute Gasteiger partial charge is 0.506 e. The highest BCUT2D eigenvalue weighted by molar-refractivity contribution is 5.94. The van der Waals surface area contributed by atoms with Gasteiger partial charge in [-0.25, -0.2) is 0 Å².